The number of nitrogens with one attached hydrogen (secondary N) is 3. The van der Waals surface area contributed by atoms with Gasteiger partial charge in [-0.25, -0.2) is 8.42 Å². The number of aryl methyl sites for hydroxylation is 1. The van der Waals surface area contributed by atoms with Crippen molar-refractivity contribution in [3.8, 4) is 0 Å². The third-order valence-corrected chi connectivity index (χ3v) is 6.68. The standard InChI is InChI=1S/C22H27N3O4S/c1-4-15(3)23-21(26)17-8-9-18-19(11-17)25-22(27)20(24-18)13-30(28,29)12-16-7-5-6-14(2)10-16/h5-11,15,20,24H,4,12-13H2,1-3H3,(H,23,26)(H,25,27). The van der Waals surface area contributed by atoms with Gasteiger partial charge in [0, 0.05) is 11.6 Å². The fourth-order valence-corrected chi connectivity index (χ4v) is 4.83. The number of carbonyl (C=O) groups is 2. The quantitative estimate of drug-likeness (QED) is 0.628. The summed E-state index contributed by atoms with van der Waals surface area (Å²) in [6, 6.07) is 11.4. The predicted molar refractivity (Wildman–Crippen MR) is 118 cm³/mol. The second kappa shape index (κ2) is 8.87. The normalized spacial score (nSPS) is 16.8. The van der Waals surface area contributed by atoms with Crippen LogP contribution < -0.4 is 16.0 Å². The van der Waals surface area contributed by atoms with Gasteiger partial charge in [0.25, 0.3) is 5.91 Å². The van der Waals surface area contributed by atoms with E-state index < -0.39 is 21.8 Å². The molecule has 8 heteroatoms. The Morgan fingerprint density at radius 3 is 2.63 bits per heavy atom. The summed E-state index contributed by atoms with van der Waals surface area (Å²) < 4.78 is 25.3. The topological polar surface area (TPSA) is 104 Å². The van der Waals surface area contributed by atoms with Gasteiger partial charge in [-0.1, -0.05) is 36.8 Å². The summed E-state index contributed by atoms with van der Waals surface area (Å²) >= 11 is 0. The Bertz CT molecular complexity index is 1070. The number of benzene rings is 2. The lowest BCUT2D eigenvalue weighted by Gasteiger charge is -2.27. The lowest BCUT2D eigenvalue weighted by molar-refractivity contribution is -0.116. The maximum absolute atomic E-state index is 12.6. The van der Waals surface area contributed by atoms with Gasteiger partial charge in [-0.15, -0.1) is 0 Å². The summed E-state index contributed by atoms with van der Waals surface area (Å²) in [4.78, 5) is 24.8. The van der Waals surface area contributed by atoms with E-state index in [1.54, 1.807) is 24.3 Å². The predicted octanol–water partition coefficient (Wildman–Crippen LogP) is 2.87. The second-order valence-corrected chi connectivity index (χ2v) is 9.88. The van der Waals surface area contributed by atoms with Gasteiger partial charge in [-0.05, 0) is 44.0 Å². The molecule has 1 heterocycles. The van der Waals surface area contributed by atoms with Gasteiger partial charge < -0.3 is 16.0 Å². The van der Waals surface area contributed by atoms with Crippen LogP contribution in [-0.4, -0.2) is 38.1 Å². The van der Waals surface area contributed by atoms with Crippen LogP contribution in [0.15, 0.2) is 42.5 Å². The van der Waals surface area contributed by atoms with Crippen molar-refractivity contribution < 1.29 is 18.0 Å². The van der Waals surface area contributed by atoms with Crippen molar-refractivity contribution in [2.75, 3.05) is 16.4 Å². The minimum atomic E-state index is -3.51. The summed E-state index contributed by atoms with van der Waals surface area (Å²) in [5.74, 6) is -1.09. The molecular formula is C22H27N3O4S. The van der Waals surface area contributed by atoms with E-state index in [2.05, 4.69) is 16.0 Å². The molecular weight excluding hydrogens is 402 g/mol. The SMILES string of the molecule is CCC(C)NC(=O)c1ccc2c(c1)NC(=O)C(CS(=O)(=O)Cc1cccc(C)c1)N2. The summed E-state index contributed by atoms with van der Waals surface area (Å²) in [6.45, 7) is 5.80. The highest BCUT2D eigenvalue weighted by Crippen LogP contribution is 2.28. The largest absolute Gasteiger partial charge is 0.371 e. The molecule has 2 amide bonds. The van der Waals surface area contributed by atoms with E-state index in [4.69, 9.17) is 0 Å². The minimum Gasteiger partial charge on any atom is -0.371 e. The third-order valence-electron chi connectivity index (χ3n) is 5.07. The van der Waals surface area contributed by atoms with E-state index >= 15 is 0 Å². The molecule has 30 heavy (non-hydrogen) atoms. The number of amides is 2. The van der Waals surface area contributed by atoms with Gasteiger partial charge in [0.2, 0.25) is 5.91 Å². The molecule has 3 N–H and O–H groups in total. The number of rotatable bonds is 7. The average molecular weight is 430 g/mol. The molecule has 0 saturated heterocycles. The fraction of sp³-hybridized carbons (Fsp3) is 0.364. The van der Waals surface area contributed by atoms with Crippen molar-refractivity contribution in [1.29, 1.82) is 0 Å². The number of carbonyl (C=O) groups excluding carboxylic acids is 2. The molecule has 2 aromatic rings. The zero-order valence-electron chi connectivity index (χ0n) is 17.4. The first-order valence-electron chi connectivity index (χ1n) is 9.95. The zero-order valence-corrected chi connectivity index (χ0v) is 18.2. The van der Waals surface area contributed by atoms with E-state index in [-0.39, 0.29) is 23.5 Å². The Hall–Kier alpha value is -2.87. The second-order valence-electron chi connectivity index (χ2n) is 7.77. The van der Waals surface area contributed by atoms with Crippen molar-refractivity contribution in [2.24, 2.45) is 0 Å². The van der Waals surface area contributed by atoms with Crippen LogP contribution in [0, 0.1) is 6.92 Å². The molecule has 0 spiro atoms. The smallest absolute Gasteiger partial charge is 0.251 e. The average Bonchev–Trinajstić information content (AvgIpc) is 2.67. The maximum Gasteiger partial charge on any atom is 0.251 e. The van der Waals surface area contributed by atoms with Crippen LogP contribution in [0.1, 0.15) is 41.8 Å². The first-order chi connectivity index (χ1) is 14.2. The van der Waals surface area contributed by atoms with Crippen LogP contribution in [0.4, 0.5) is 11.4 Å². The third kappa shape index (κ3) is 5.38. The summed E-state index contributed by atoms with van der Waals surface area (Å²) in [5.41, 5.74) is 3.16. The molecule has 160 valence electrons. The molecule has 0 saturated carbocycles. The van der Waals surface area contributed by atoms with Gasteiger partial charge >= 0.3 is 0 Å². The summed E-state index contributed by atoms with van der Waals surface area (Å²) in [5, 5.41) is 8.60. The van der Waals surface area contributed by atoms with Crippen molar-refractivity contribution in [3.05, 3.63) is 59.2 Å². The van der Waals surface area contributed by atoms with Crippen LogP contribution in [0.3, 0.4) is 0 Å². The highest BCUT2D eigenvalue weighted by molar-refractivity contribution is 7.90. The van der Waals surface area contributed by atoms with Crippen LogP contribution in [0.25, 0.3) is 0 Å². The highest BCUT2D eigenvalue weighted by Gasteiger charge is 2.30. The first kappa shape index (κ1) is 21.8. The van der Waals surface area contributed by atoms with Crippen molar-refractivity contribution >= 4 is 33.0 Å². The van der Waals surface area contributed by atoms with Crippen LogP contribution >= 0.6 is 0 Å². The van der Waals surface area contributed by atoms with Gasteiger partial charge in [0.05, 0.1) is 22.9 Å². The van der Waals surface area contributed by atoms with Gasteiger partial charge in [0.1, 0.15) is 6.04 Å². The molecule has 0 radical (unpaired) electrons. The Morgan fingerprint density at radius 1 is 1.17 bits per heavy atom. The molecule has 3 rings (SSSR count). The van der Waals surface area contributed by atoms with E-state index in [0.717, 1.165) is 12.0 Å². The molecule has 2 aromatic carbocycles. The molecule has 1 aliphatic rings. The number of hydrogen-bond acceptors (Lipinski definition) is 5. The molecule has 7 nitrogen and oxygen atoms in total. The molecule has 0 fully saturated rings. The molecule has 0 aromatic heterocycles. The van der Waals surface area contributed by atoms with E-state index in [1.807, 2.05) is 39.0 Å². The van der Waals surface area contributed by atoms with Crippen LogP contribution in [0.2, 0.25) is 0 Å². The highest BCUT2D eigenvalue weighted by atomic mass is 32.2. The molecule has 2 unspecified atom stereocenters. The van der Waals surface area contributed by atoms with Crippen molar-refractivity contribution in [1.82, 2.24) is 5.32 Å². The van der Waals surface area contributed by atoms with Crippen LogP contribution in [0.5, 0.6) is 0 Å². The van der Waals surface area contributed by atoms with E-state index in [0.29, 0.717) is 22.5 Å². The number of fused-ring (bicyclic) bond motifs is 1. The number of anilines is 2. The zero-order chi connectivity index (χ0) is 21.9. The lowest BCUT2D eigenvalue weighted by Crippen LogP contribution is -2.43. The Morgan fingerprint density at radius 2 is 1.93 bits per heavy atom. The molecule has 2 atom stereocenters. The van der Waals surface area contributed by atoms with Gasteiger partial charge in [-0.3, -0.25) is 9.59 Å². The lowest BCUT2D eigenvalue weighted by atomic mass is 10.1. The molecule has 0 bridgehead atoms. The van der Waals surface area contributed by atoms with Gasteiger partial charge in [0.15, 0.2) is 9.84 Å². The van der Waals surface area contributed by atoms with Crippen molar-refractivity contribution in [2.45, 2.75) is 45.0 Å². The molecule has 1 aliphatic heterocycles. The Labute approximate surface area is 177 Å². The fourth-order valence-electron chi connectivity index (χ4n) is 3.28. The molecule has 0 aliphatic carbocycles. The van der Waals surface area contributed by atoms with E-state index in [1.165, 1.54) is 0 Å². The summed E-state index contributed by atoms with van der Waals surface area (Å²) in [7, 11) is -3.51. The van der Waals surface area contributed by atoms with Crippen molar-refractivity contribution in [3.63, 3.8) is 0 Å². The Kier molecular flexibility index (Phi) is 6.45. The monoisotopic (exact) mass is 429 g/mol. The number of hydrogen-bond donors (Lipinski definition) is 3. The Balaban J connectivity index is 1.71. The first-order valence-corrected chi connectivity index (χ1v) is 11.8. The summed E-state index contributed by atoms with van der Waals surface area (Å²) in [6.07, 6.45) is 0.813. The van der Waals surface area contributed by atoms with Gasteiger partial charge in [-0.2, -0.15) is 0 Å². The van der Waals surface area contributed by atoms with Crippen LogP contribution in [-0.2, 0) is 20.4 Å². The minimum absolute atomic E-state index is 0.0456. The van der Waals surface area contributed by atoms with E-state index in [9.17, 15) is 18.0 Å². The number of sulfone groups is 1. The maximum atomic E-state index is 12.6.